The summed E-state index contributed by atoms with van der Waals surface area (Å²) in [5.74, 6) is 1.18. The number of halogens is 1. The Bertz CT molecular complexity index is 277. The quantitative estimate of drug-likeness (QED) is 0.214. The molecule has 0 heterocycles. The van der Waals surface area contributed by atoms with Gasteiger partial charge in [0.1, 0.15) is 0 Å². The molecule has 0 aromatic heterocycles. The van der Waals surface area contributed by atoms with Crippen LogP contribution in [0.5, 0.6) is 0 Å². The van der Waals surface area contributed by atoms with Gasteiger partial charge in [-0.25, -0.2) is 0 Å². The lowest BCUT2D eigenvalue weighted by Crippen LogP contribution is -2.41. The van der Waals surface area contributed by atoms with Crippen molar-refractivity contribution in [1.29, 1.82) is 0 Å². The van der Waals surface area contributed by atoms with Crippen molar-refractivity contribution in [2.45, 2.75) is 12.8 Å². The Hall–Kier alpha value is -0.790. The van der Waals surface area contributed by atoms with Gasteiger partial charge in [-0.15, -0.1) is 30.6 Å². The minimum absolute atomic E-state index is 0. The monoisotopic (exact) mass is 352 g/mol. The van der Waals surface area contributed by atoms with Gasteiger partial charge in [0.15, 0.2) is 5.96 Å². The van der Waals surface area contributed by atoms with Gasteiger partial charge in [0.05, 0.1) is 0 Å². The summed E-state index contributed by atoms with van der Waals surface area (Å²) in [7, 11) is 1.71. The van der Waals surface area contributed by atoms with Crippen molar-refractivity contribution >= 4 is 35.8 Å². The molecule has 0 aromatic rings. The van der Waals surface area contributed by atoms with Gasteiger partial charge in [0.2, 0.25) is 5.91 Å². The van der Waals surface area contributed by atoms with Crippen molar-refractivity contribution < 1.29 is 4.79 Å². The van der Waals surface area contributed by atoms with Crippen LogP contribution in [0.25, 0.3) is 0 Å². The summed E-state index contributed by atoms with van der Waals surface area (Å²) in [6.07, 6.45) is 3.85. The van der Waals surface area contributed by atoms with E-state index in [1.54, 1.807) is 13.1 Å². The molecule has 0 radical (unpaired) electrons. The largest absolute Gasteiger partial charge is 0.355 e. The standard InChI is InChI=1S/C11H20N4O.HI/c1-3-6-14-11(12-2)15-8-7-13-10(16)9-4-5-9;/h3,9H,1,4-8H2,2H3,(H,13,16)(H2,12,14,15);1H. The van der Waals surface area contributed by atoms with Crippen LogP contribution in [0, 0.1) is 5.92 Å². The highest BCUT2D eigenvalue weighted by atomic mass is 127. The van der Waals surface area contributed by atoms with Crippen molar-refractivity contribution in [2.24, 2.45) is 10.9 Å². The molecule has 0 aliphatic heterocycles. The van der Waals surface area contributed by atoms with Gasteiger partial charge in [0.25, 0.3) is 0 Å². The topological polar surface area (TPSA) is 65.5 Å². The van der Waals surface area contributed by atoms with Gasteiger partial charge in [-0.05, 0) is 12.8 Å². The number of nitrogens with one attached hydrogen (secondary N) is 3. The molecule has 1 rings (SSSR count). The van der Waals surface area contributed by atoms with E-state index in [0.717, 1.165) is 18.8 Å². The summed E-state index contributed by atoms with van der Waals surface area (Å²) in [6, 6.07) is 0. The van der Waals surface area contributed by atoms with Crippen molar-refractivity contribution in [2.75, 3.05) is 26.7 Å². The van der Waals surface area contributed by atoms with Crippen LogP contribution in [0.3, 0.4) is 0 Å². The molecular formula is C11H21IN4O. The number of aliphatic imine (C=N–C) groups is 1. The van der Waals surface area contributed by atoms with Crippen LogP contribution in [0.4, 0.5) is 0 Å². The van der Waals surface area contributed by atoms with Crippen LogP contribution in [0.1, 0.15) is 12.8 Å². The second kappa shape index (κ2) is 9.26. The number of nitrogens with zero attached hydrogens (tertiary/aromatic N) is 1. The summed E-state index contributed by atoms with van der Waals surface area (Å²) in [5.41, 5.74) is 0. The Kier molecular flexibility index (Phi) is 8.83. The number of amides is 1. The molecule has 98 valence electrons. The zero-order chi connectivity index (χ0) is 11.8. The Balaban J connectivity index is 0.00000256. The molecule has 0 atom stereocenters. The van der Waals surface area contributed by atoms with Crippen molar-refractivity contribution in [3.63, 3.8) is 0 Å². The maximum Gasteiger partial charge on any atom is 0.223 e. The third-order valence-electron chi connectivity index (χ3n) is 2.30. The summed E-state index contributed by atoms with van der Waals surface area (Å²) in [5, 5.41) is 9.02. The Morgan fingerprint density at radius 3 is 2.53 bits per heavy atom. The van der Waals surface area contributed by atoms with E-state index in [-0.39, 0.29) is 35.8 Å². The molecule has 0 spiro atoms. The lowest BCUT2D eigenvalue weighted by atomic mass is 10.4. The first-order valence-electron chi connectivity index (χ1n) is 5.61. The fraction of sp³-hybridized carbons (Fsp3) is 0.636. The zero-order valence-electron chi connectivity index (χ0n) is 10.2. The smallest absolute Gasteiger partial charge is 0.223 e. The molecular weight excluding hydrogens is 331 g/mol. The van der Waals surface area contributed by atoms with E-state index in [9.17, 15) is 4.79 Å². The summed E-state index contributed by atoms with van der Waals surface area (Å²) in [4.78, 5) is 15.3. The maximum atomic E-state index is 11.3. The van der Waals surface area contributed by atoms with E-state index in [0.29, 0.717) is 19.6 Å². The van der Waals surface area contributed by atoms with E-state index in [4.69, 9.17) is 0 Å². The van der Waals surface area contributed by atoms with Crippen molar-refractivity contribution in [3.8, 4) is 0 Å². The zero-order valence-corrected chi connectivity index (χ0v) is 12.5. The molecule has 0 saturated heterocycles. The third-order valence-corrected chi connectivity index (χ3v) is 2.30. The first-order chi connectivity index (χ1) is 7.77. The highest BCUT2D eigenvalue weighted by Crippen LogP contribution is 2.28. The normalized spacial score (nSPS) is 14.5. The second-order valence-electron chi connectivity index (χ2n) is 3.73. The lowest BCUT2D eigenvalue weighted by molar-refractivity contribution is -0.122. The molecule has 0 unspecified atom stereocenters. The van der Waals surface area contributed by atoms with Gasteiger partial charge >= 0.3 is 0 Å². The number of carbonyl (C=O) groups excluding carboxylic acids is 1. The molecule has 0 bridgehead atoms. The molecule has 5 nitrogen and oxygen atoms in total. The number of hydrogen-bond acceptors (Lipinski definition) is 2. The van der Waals surface area contributed by atoms with Gasteiger partial charge in [-0.3, -0.25) is 9.79 Å². The molecule has 1 aliphatic rings. The molecule has 0 aromatic carbocycles. The molecule has 1 fully saturated rings. The van der Waals surface area contributed by atoms with Gasteiger partial charge < -0.3 is 16.0 Å². The van der Waals surface area contributed by atoms with Crippen LogP contribution in [0.15, 0.2) is 17.6 Å². The van der Waals surface area contributed by atoms with Crippen LogP contribution < -0.4 is 16.0 Å². The predicted octanol–water partition coefficient (Wildman–Crippen LogP) is 0.482. The Labute approximate surface area is 120 Å². The minimum atomic E-state index is 0. The minimum Gasteiger partial charge on any atom is -0.355 e. The Morgan fingerprint density at radius 2 is 2.00 bits per heavy atom. The van der Waals surface area contributed by atoms with E-state index in [2.05, 4.69) is 27.5 Å². The second-order valence-corrected chi connectivity index (χ2v) is 3.73. The molecule has 1 saturated carbocycles. The van der Waals surface area contributed by atoms with Gasteiger partial charge in [-0.2, -0.15) is 0 Å². The van der Waals surface area contributed by atoms with Crippen LogP contribution >= 0.6 is 24.0 Å². The third kappa shape index (κ3) is 7.19. The van der Waals surface area contributed by atoms with Crippen LogP contribution in [-0.2, 0) is 4.79 Å². The molecule has 6 heteroatoms. The lowest BCUT2D eigenvalue weighted by Gasteiger charge is -2.10. The van der Waals surface area contributed by atoms with E-state index in [1.807, 2.05) is 0 Å². The summed E-state index contributed by atoms with van der Waals surface area (Å²) < 4.78 is 0. The Morgan fingerprint density at radius 1 is 1.35 bits per heavy atom. The highest BCUT2D eigenvalue weighted by molar-refractivity contribution is 14.0. The highest BCUT2D eigenvalue weighted by Gasteiger charge is 2.28. The van der Waals surface area contributed by atoms with E-state index < -0.39 is 0 Å². The van der Waals surface area contributed by atoms with Crippen molar-refractivity contribution in [3.05, 3.63) is 12.7 Å². The van der Waals surface area contributed by atoms with Gasteiger partial charge in [-0.1, -0.05) is 6.08 Å². The first-order valence-corrected chi connectivity index (χ1v) is 5.61. The van der Waals surface area contributed by atoms with Crippen LogP contribution in [-0.4, -0.2) is 38.5 Å². The number of guanidine groups is 1. The predicted molar refractivity (Wildman–Crippen MR) is 80.7 cm³/mol. The fourth-order valence-electron chi connectivity index (χ4n) is 1.25. The van der Waals surface area contributed by atoms with Crippen molar-refractivity contribution in [1.82, 2.24) is 16.0 Å². The molecule has 1 amide bonds. The van der Waals surface area contributed by atoms with E-state index >= 15 is 0 Å². The summed E-state index contributed by atoms with van der Waals surface area (Å²) in [6.45, 7) is 5.59. The molecule has 17 heavy (non-hydrogen) atoms. The van der Waals surface area contributed by atoms with Crippen LogP contribution in [0.2, 0.25) is 0 Å². The SMILES string of the molecule is C=CCNC(=NC)NCCNC(=O)C1CC1.I. The molecule has 3 N–H and O–H groups in total. The maximum absolute atomic E-state index is 11.3. The number of hydrogen-bond donors (Lipinski definition) is 3. The fourth-order valence-corrected chi connectivity index (χ4v) is 1.25. The average molecular weight is 352 g/mol. The van der Waals surface area contributed by atoms with E-state index in [1.165, 1.54) is 0 Å². The first kappa shape index (κ1) is 16.2. The van der Waals surface area contributed by atoms with Gasteiger partial charge in [0, 0.05) is 32.6 Å². The number of carbonyl (C=O) groups is 1. The average Bonchev–Trinajstić information content (AvgIpc) is 3.11. The summed E-state index contributed by atoms with van der Waals surface area (Å²) >= 11 is 0. The molecule has 1 aliphatic carbocycles. The number of rotatable bonds is 6.